The summed E-state index contributed by atoms with van der Waals surface area (Å²) in [7, 11) is 0. The van der Waals surface area contributed by atoms with E-state index in [1.165, 1.54) is 11.1 Å². The molecular formula is C14H16Br2O2. The Morgan fingerprint density at radius 3 is 1.39 bits per heavy atom. The maximum atomic E-state index is 11.3. The predicted molar refractivity (Wildman–Crippen MR) is 78.9 cm³/mol. The average Bonchev–Trinajstić information content (AvgIpc) is 2.83. The number of rotatable bonds is 5. The largest absolute Gasteiger partial charge is 0.294 e. The highest BCUT2D eigenvalue weighted by atomic mass is 79.9. The first kappa shape index (κ1) is 14.2. The fourth-order valence-electron chi connectivity index (χ4n) is 2.51. The van der Waals surface area contributed by atoms with Crippen LogP contribution in [-0.4, -0.2) is 11.6 Å². The van der Waals surface area contributed by atoms with Crippen LogP contribution in [0.25, 0.3) is 0 Å². The van der Waals surface area contributed by atoms with Crippen molar-refractivity contribution in [3.05, 3.63) is 20.1 Å². The van der Waals surface area contributed by atoms with E-state index in [-0.39, 0.29) is 11.6 Å². The van der Waals surface area contributed by atoms with E-state index in [1.54, 1.807) is 0 Å². The topological polar surface area (TPSA) is 34.1 Å². The van der Waals surface area contributed by atoms with Gasteiger partial charge in [0.2, 0.25) is 0 Å². The first-order chi connectivity index (χ1) is 8.59. The molecule has 0 aromatic heterocycles. The van der Waals surface area contributed by atoms with Gasteiger partial charge in [-0.25, -0.2) is 0 Å². The Bertz CT molecular complexity index is 405. The van der Waals surface area contributed by atoms with Gasteiger partial charge >= 0.3 is 0 Å². The van der Waals surface area contributed by atoms with Crippen molar-refractivity contribution in [3.8, 4) is 0 Å². The highest BCUT2D eigenvalue weighted by Crippen LogP contribution is 2.33. The van der Waals surface area contributed by atoms with Gasteiger partial charge in [0.05, 0.1) is 8.96 Å². The van der Waals surface area contributed by atoms with Crippen molar-refractivity contribution in [3.63, 3.8) is 0 Å². The van der Waals surface area contributed by atoms with E-state index in [1.807, 2.05) is 0 Å². The number of unbranched alkanes of at least 4 members (excludes halogenated alkanes) is 1. The van der Waals surface area contributed by atoms with Gasteiger partial charge in [-0.15, -0.1) is 0 Å². The molecule has 0 saturated heterocycles. The molecule has 0 radical (unpaired) electrons. The van der Waals surface area contributed by atoms with Crippen LogP contribution >= 0.6 is 31.9 Å². The molecule has 2 aliphatic rings. The fourth-order valence-corrected chi connectivity index (χ4v) is 3.70. The zero-order chi connectivity index (χ0) is 13.1. The van der Waals surface area contributed by atoms with Crippen LogP contribution in [0.4, 0.5) is 0 Å². The van der Waals surface area contributed by atoms with Gasteiger partial charge in [0.1, 0.15) is 0 Å². The first-order valence-electron chi connectivity index (χ1n) is 6.41. The van der Waals surface area contributed by atoms with E-state index < -0.39 is 0 Å². The number of halogens is 2. The molecule has 2 aliphatic carbocycles. The van der Waals surface area contributed by atoms with Crippen LogP contribution in [-0.2, 0) is 9.59 Å². The van der Waals surface area contributed by atoms with E-state index in [9.17, 15) is 9.59 Å². The molecule has 0 N–H and O–H groups in total. The average molecular weight is 376 g/mol. The summed E-state index contributed by atoms with van der Waals surface area (Å²) >= 11 is 6.75. The van der Waals surface area contributed by atoms with Gasteiger partial charge in [-0.05, 0) is 70.4 Å². The zero-order valence-electron chi connectivity index (χ0n) is 10.2. The van der Waals surface area contributed by atoms with Gasteiger partial charge in [0.15, 0.2) is 11.6 Å². The summed E-state index contributed by atoms with van der Waals surface area (Å²) in [5.41, 5.74) is 2.55. The third-order valence-electron chi connectivity index (χ3n) is 3.63. The lowest BCUT2D eigenvalue weighted by Gasteiger charge is -2.04. The highest BCUT2D eigenvalue weighted by molar-refractivity contribution is 9.12. The minimum absolute atomic E-state index is 0.247. The summed E-state index contributed by atoms with van der Waals surface area (Å²) in [6, 6.07) is 0. The molecule has 98 valence electrons. The van der Waals surface area contributed by atoms with Gasteiger partial charge in [0, 0.05) is 12.8 Å². The predicted octanol–water partition coefficient (Wildman–Crippen LogP) is 4.57. The Labute approximate surface area is 124 Å². The standard InChI is InChI=1S/C14H16Br2O2/c15-13-9(5-7-11(13)17)3-1-2-4-10-6-8-12(18)14(10)16/h1-8H2. The summed E-state index contributed by atoms with van der Waals surface area (Å²) in [4.78, 5) is 22.7. The normalized spacial score (nSPS) is 20.6. The molecule has 0 bridgehead atoms. The van der Waals surface area contributed by atoms with Crippen LogP contribution in [0.15, 0.2) is 20.1 Å². The summed E-state index contributed by atoms with van der Waals surface area (Å²) in [6.45, 7) is 0. The fraction of sp³-hybridized carbons (Fsp3) is 0.571. The van der Waals surface area contributed by atoms with E-state index in [2.05, 4.69) is 31.9 Å². The van der Waals surface area contributed by atoms with E-state index >= 15 is 0 Å². The van der Waals surface area contributed by atoms with Crippen LogP contribution < -0.4 is 0 Å². The van der Waals surface area contributed by atoms with Crippen LogP contribution in [0, 0.1) is 0 Å². The number of hydrogen-bond donors (Lipinski definition) is 0. The molecule has 0 fully saturated rings. The van der Waals surface area contributed by atoms with Gasteiger partial charge < -0.3 is 0 Å². The summed E-state index contributed by atoms with van der Waals surface area (Å²) in [5, 5.41) is 0. The second-order valence-electron chi connectivity index (χ2n) is 4.89. The number of allylic oxidation sites excluding steroid dienone is 4. The van der Waals surface area contributed by atoms with Crippen molar-refractivity contribution < 1.29 is 9.59 Å². The molecule has 0 atom stereocenters. The Morgan fingerprint density at radius 1 is 0.722 bits per heavy atom. The molecule has 0 aromatic carbocycles. The van der Waals surface area contributed by atoms with Gasteiger partial charge in [-0.3, -0.25) is 9.59 Å². The number of carbonyl (C=O) groups excluding carboxylic acids is 2. The lowest BCUT2D eigenvalue weighted by atomic mass is 10.0. The van der Waals surface area contributed by atoms with Gasteiger partial charge in [0.25, 0.3) is 0 Å². The molecule has 18 heavy (non-hydrogen) atoms. The van der Waals surface area contributed by atoms with Crippen LogP contribution in [0.2, 0.25) is 0 Å². The first-order valence-corrected chi connectivity index (χ1v) is 7.99. The summed E-state index contributed by atoms with van der Waals surface area (Å²) in [5.74, 6) is 0.494. The lowest BCUT2D eigenvalue weighted by molar-refractivity contribution is -0.115. The smallest absolute Gasteiger partial charge is 0.170 e. The SMILES string of the molecule is O=C1CCC(CCCCC2=C(Br)C(=O)CC2)=C1Br. The molecule has 2 nitrogen and oxygen atoms in total. The molecule has 0 aromatic rings. The van der Waals surface area contributed by atoms with E-state index in [0.29, 0.717) is 12.8 Å². The third-order valence-corrected chi connectivity index (χ3v) is 5.63. The Morgan fingerprint density at radius 2 is 1.11 bits per heavy atom. The summed E-state index contributed by atoms with van der Waals surface area (Å²) in [6.07, 6.45) is 7.37. The van der Waals surface area contributed by atoms with Crippen LogP contribution in [0.3, 0.4) is 0 Å². The van der Waals surface area contributed by atoms with Crippen molar-refractivity contribution in [1.82, 2.24) is 0 Å². The van der Waals surface area contributed by atoms with E-state index in [4.69, 9.17) is 0 Å². The second kappa shape index (κ2) is 6.29. The quantitative estimate of drug-likeness (QED) is 0.659. The molecule has 0 amide bonds. The number of carbonyl (C=O) groups is 2. The van der Waals surface area contributed by atoms with Crippen molar-refractivity contribution in [2.24, 2.45) is 0 Å². The molecule has 0 spiro atoms. The molecule has 0 unspecified atom stereocenters. The Kier molecular flexibility index (Phi) is 4.96. The monoisotopic (exact) mass is 374 g/mol. The molecule has 0 saturated carbocycles. The van der Waals surface area contributed by atoms with Crippen molar-refractivity contribution >= 4 is 43.4 Å². The maximum Gasteiger partial charge on any atom is 0.170 e. The number of Topliss-reactive ketones (excluding diaryl/α,β-unsaturated/α-hetero) is 2. The minimum Gasteiger partial charge on any atom is -0.294 e. The number of ketones is 2. The summed E-state index contributed by atoms with van der Waals surface area (Å²) < 4.78 is 1.64. The third kappa shape index (κ3) is 3.21. The van der Waals surface area contributed by atoms with Gasteiger partial charge in [-0.2, -0.15) is 0 Å². The Balaban J connectivity index is 1.74. The Hall–Kier alpha value is -0.220. The van der Waals surface area contributed by atoms with Crippen molar-refractivity contribution in [2.45, 2.75) is 51.4 Å². The highest BCUT2D eigenvalue weighted by Gasteiger charge is 2.21. The molecular weight excluding hydrogens is 360 g/mol. The molecule has 2 rings (SSSR count). The molecule has 0 heterocycles. The van der Waals surface area contributed by atoms with Crippen molar-refractivity contribution in [1.29, 1.82) is 0 Å². The molecule has 4 heteroatoms. The van der Waals surface area contributed by atoms with Crippen LogP contribution in [0.1, 0.15) is 51.4 Å². The zero-order valence-corrected chi connectivity index (χ0v) is 13.4. The molecule has 0 aliphatic heterocycles. The maximum absolute atomic E-state index is 11.3. The lowest BCUT2D eigenvalue weighted by Crippen LogP contribution is -1.88. The van der Waals surface area contributed by atoms with E-state index in [0.717, 1.165) is 47.5 Å². The minimum atomic E-state index is 0.247. The van der Waals surface area contributed by atoms with Gasteiger partial charge in [-0.1, -0.05) is 11.1 Å². The number of hydrogen-bond acceptors (Lipinski definition) is 2. The van der Waals surface area contributed by atoms with Crippen molar-refractivity contribution in [2.75, 3.05) is 0 Å². The van der Waals surface area contributed by atoms with Crippen LogP contribution in [0.5, 0.6) is 0 Å². The second-order valence-corrected chi connectivity index (χ2v) is 6.47.